The highest BCUT2D eigenvalue weighted by atomic mass is 32.1. The number of thiophene rings is 1. The largest absolute Gasteiger partial charge is 0.462 e. The minimum absolute atomic E-state index is 0.113. The van der Waals surface area contributed by atoms with E-state index in [0.29, 0.717) is 17.1 Å². The van der Waals surface area contributed by atoms with Crippen molar-refractivity contribution in [2.24, 2.45) is 0 Å². The third kappa shape index (κ3) is 6.80. The van der Waals surface area contributed by atoms with E-state index in [1.165, 1.54) is 24.9 Å². The van der Waals surface area contributed by atoms with Crippen molar-refractivity contribution in [1.82, 2.24) is 0 Å². The number of anilines is 1. The molecule has 1 aromatic heterocycles. The van der Waals surface area contributed by atoms with Crippen molar-refractivity contribution in [2.45, 2.75) is 39.5 Å². The normalized spacial score (nSPS) is 14.9. The van der Waals surface area contributed by atoms with E-state index in [4.69, 9.17) is 14.2 Å². The number of nitrogens with one attached hydrogen (secondary N) is 2. The van der Waals surface area contributed by atoms with Gasteiger partial charge in [-0.25, -0.2) is 9.59 Å². The number of hydrogen-bond donors (Lipinski definition) is 2. The highest BCUT2D eigenvalue weighted by Gasteiger charge is 2.28. The van der Waals surface area contributed by atoms with Crippen molar-refractivity contribution in [2.75, 3.05) is 51.9 Å². The quantitative estimate of drug-likeness (QED) is 0.457. The number of ether oxygens (including phenoxy) is 3. The van der Waals surface area contributed by atoms with Gasteiger partial charge in [-0.15, -0.1) is 11.3 Å². The zero-order valence-electron chi connectivity index (χ0n) is 17.4. The van der Waals surface area contributed by atoms with Gasteiger partial charge < -0.3 is 24.4 Å². The molecule has 0 bridgehead atoms. The van der Waals surface area contributed by atoms with Crippen LogP contribution in [0.25, 0.3) is 0 Å². The third-order valence-corrected chi connectivity index (χ3v) is 5.99. The highest BCUT2D eigenvalue weighted by molar-refractivity contribution is 7.18. The maximum atomic E-state index is 12.6. The van der Waals surface area contributed by atoms with Crippen LogP contribution in [0.1, 0.15) is 58.2 Å². The maximum absolute atomic E-state index is 12.6. The van der Waals surface area contributed by atoms with Crippen LogP contribution >= 0.6 is 11.3 Å². The smallest absolute Gasteiger partial charge is 0.348 e. The SMILES string of the molecule is CCOC(=O)c1c(NC(=O)C[NH+]2CCCCCC2)sc(C(=O)OCCOC)c1C. The fourth-order valence-corrected chi connectivity index (χ4v) is 4.44. The summed E-state index contributed by atoms with van der Waals surface area (Å²) in [4.78, 5) is 39.0. The summed E-state index contributed by atoms with van der Waals surface area (Å²) in [7, 11) is 1.52. The lowest BCUT2D eigenvalue weighted by Gasteiger charge is -2.16. The van der Waals surface area contributed by atoms with Crippen LogP contribution < -0.4 is 10.2 Å². The molecule has 0 saturated carbocycles. The van der Waals surface area contributed by atoms with Crippen molar-refractivity contribution >= 4 is 34.2 Å². The average Bonchev–Trinajstić information content (AvgIpc) is 2.83. The van der Waals surface area contributed by atoms with Crippen LogP contribution in [0.3, 0.4) is 0 Å². The second-order valence-corrected chi connectivity index (χ2v) is 8.02. The molecule has 1 saturated heterocycles. The van der Waals surface area contributed by atoms with E-state index in [1.54, 1.807) is 13.8 Å². The predicted octanol–water partition coefficient (Wildman–Crippen LogP) is 1.43. The second-order valence-electron chi connectivity index (χ2n) is 7.00. The van der Waals surface area contributed by atoms with Gasteiger partial charge in [-0.1, -0.05) is 0 Å². The monoisotopic (exact) mass is 427 g/mol. The Balaban J connectivity index is 2.16. The first-order valence-electron chi connectivity index (χ1n) is 10.1. The van der Waals surface area contributed by atoms with Crippen LogP contribution in [0, 0.1) is 6.92 Å². The van der Waals surface area contributed by atoms with Gasteiger partial charge in [-0.3, -0.25) is 4.79 Å². The average molecular weight is 428 g/mol. The minimum Gasteiger partial charge on any atom is -0.462 e. The van der Waals surface area contributed by atoms with Crippen molar-refractivity contribution in [3.8, 4) is 0 Å². The summed E-state index contributed by atoms with van der Waals surface area (Å²) in [5.74, 6) is -1.28. The van der Waals surface area contributed by atoms with Gasteiger partial charge in [0.15, 0.2) is 6.54 Å². The Morgan fingerprint density at radius 1 is 1.03 bits per heavy atom. The van der Waals surface area contributed by atoms with Crippen molar-refractivity contribution < 1.29 is 33.5 Å². The van der Waals surface area contributed by atoms with E-state index in [2.05, 4.69) is 5.32 Å². The third-order valence-electron chi connectivity index (χ3n) is 4.81. The van der Waals surface area contributed by atoms with Crippen LogP contribution in [0.4, 0.5) is 5.00 Å². The topological polar surface area (TPSA) is 95.4 Å². The molecule has 2 rings (SSSR count). The van der Waals surface area contributed by atoms with Gasteiger partial charge in [0.25, 0.3) is 5.91 Å². The van der Waals surface area contributed by atoms with Crippen molar-refractivity contribution in [3.63, 3.8) is 0 Å². The van der Waals surface area contributed by atoms with Gasteiger partial charge >= 0.3 is 11.9 Å². The highest BCUT2D eigenvalue weighted by Crippen LogP contribution is 2.34. The van der Waals surface area contributed by atoms with Gasteiger partial charge in [-0.05, 0) is 45.1 Å². The van der Waals surface area contributed by atoms with Gasteiger partial charge in [0, 0.05) is 7.11 Å². The molecular weight excluding hydrogens is 396 g/mol. The first-order valence-corrected chi connectivity index (χ1v) is 10.9. The summed E-state index contributed by atoms with van der Waals surface area (Å²) in [6, 6.07) is 0. The van der Waals surface area contributed by atoms with Crippen LogP contribution in [-0.2, 0) is 19.0 Å². The van der Waals surface area contributed by atoms with Gasteiger partial charge in [0.1, 0.15) is 16.5 Å². The van der Waals surface area contributed by atoms with E-state index >= 15 is 0 Å². The van der Waals surface area contributed by atoms with Crippen molar-refractivity contribution in [3.05, 3.63) is 16.0 Å². The molecule has 0 unspecified atom stereocenters. The number of hydrogen-bond acceptors (Lipinski definition) is 7. The number of quaternary nitrogens is 1. The summed E-state index contributed by atoms with van der Waals surface area (Å²) < 4.78 is 15.2. The molecule has 1 fully saturated rings. The molecule has 2 heterocycles. The van der Waals surface area contributed by atoms with Crippen LogP contribution in [0.2, 0.25) is 0 Å². The summed E-state index contributed by atoms with van der Waals surface area (Å²) in [5, 5.41) is 3.16. The summed E-state index contributed by atoms with van der Waals surface area (Å²) >= 11 is 1.04. The molecule has 0 aliphatic carbocycles. The number of esters is 2. The van der Waals surface area contributed by atoms with E-state index in [-0.39, 0.29) is 36.2 Å². The molecule has 1 aliphatic heterocycles. The Morgan fingerprint density at radius 2 is 1.72 bits per heavy atom. The van der Waals surface area contributed by atoms with Crippen LogP contribution in [0.5, 0.6) is 0 Å². The lowest BCUT2D eigenvalue weighted by Crippen LogP contribution is -3.12. The van der Waals surface area contributed by atoms with E-state index in [9.17, 15) is 14.4 Å². The lowest BCUT2D eigenvalue weighted by molar-refractivity contribution is -0.890. The fraction of sp³-hybridized carbons (Fsp3) is 0.650. The first-order chi connectivity index (χ1) is 14.0. The van der Waals surface area contributed by atoms with E-state index in [1.807, 2.05) is 0 Å². The Hall–Kier alpha value is -1.97. The van der Waals surface area contributed by atoms with Crippen LogP contribution in [0.15, 0.2) is 0 Å². The van der Waals surface area contributed by atoms with Gasteiger partial charge in [-0.2, -0.15) is 0 Å². The molecule has 1 amide bonds. The molecule has 0 atom stereocenters. The molecule has 0 radical (unpaired) electrons. The molecular formula is C20H31N2O6S+. The molecule has 162 valence electrons. The molecule has 29 heavy (non-hydrogen) atoms. The maximum Gasteiger partial charge on any atom is 0.348 e. The Bertz CT molecular complexity index is 710. The molecule has 0 aromatic carbocycles. The second kappa shape index (κ2) is 11.9. The number of amides is 1. The molecule has 1 aromatic rings. The number of methoxy groups -OCH3 is 1. The number of rotatable bonds is 9. The zero-order valence-corrected chi connectivity index (χ0v) is 18.2. The Labute approximate surface area is 175 Å². The minimum atomic E-state index is -0.561. The molecule has 2 N–H and O–H groups in total. The van der Waals surface area contributed by atoms with Gasteiger partial charge in [0.05, 0.1) is 31.9 Å². The molecule has 8 nitrogen and oxygen atoms in total. The Morgan fingerprint density at radius 3 is 2.34 bits per heavy atom. The van der Waals surface area contributed by atoms with E-state index in [0.717, 1.165) is 37.3 Å². The van der Waals surface area contributed by atoms with Gasteiger partial charge in [0.2, 0.25) is 0 Å². The molecule has 0 spiro atoms. The van der Waals surface area contributed by atoms with E-state index < -0.39 is 11.9 Å². The number of likely N-dealkylation sites (tertiary alicyclic amines) is 1. The zero-order chi connectivity index (χ0) is 21.2. The molecule has 1 aliphatic rings. The molecule has 9 heteroatoms. The summed E-state index contributed by atoms with van der Waals surface area (Å²) in [6.07, 6.45) is 4.64. The van der Waals surface area contributed by atoms with Crippen LogP contribution in [-0.4, -0.2) is 64.4 Å². The lowest BCUT2D eigenvalue weighted by atomic mass is 10.1. The summed E-state index contributed by atoms with van der Waals surface area (Å²) in [5.41, 5.74) is 0.669. The number of carbonyl (C=O) groups excluding carboxylic acids is 3. The number of carbonyl (C=O) groups is 3. The summed E-state index contributed by atoms with van der Waals surface area (Å²) in [6.45, 7) is 6.24. The van der Waals surface area contributed by atoms with Crippen molar-refractivity contribution in [1.29, 1.82) is 0 Å². The first kappa shape index (κ1) is 23.3. The standard InChI is InChI=1S/C20H30N2O6S/c1-4-27-19(24)16-14(2)17(20(25)28-12-11-26-3)29-18(16)21-15(23)13-22-9-7-5-6-8-10-22/h4-13H2,1-3H3,(H,21,23)/p+1. The Kier molecular flexibility index (Phi) is 9.56. The predicted molar refractivity (Wildman–Crippen MR) is 110 cm³/mol. The fourth-order valence-electron chi connectivity index (χ4n) is 3.33.